The molecule has 0 aromatic heterocycles. The molecular weight excluding hydrogens is 361 g/mol. The van der Waals surface area contributed by atoms with Gasteiger partial charge in [0.25, 0.3) is 0 Å². The Morgan fingerprint density at radius 2 is 1.78 bits per heavy atom. The van der Waals surface area contributed by atoms with Crippen molar-refractivity contribution in [3.05, 3.63) is 27.8 Å². The van der Waals surface area contributed by atoms with Crippen molar-refractivity contribution >= 4 is 32.6 Å². The van der Waals surface area contributed by atoms with Crippen LogP contribution < -0.4 is 4.72 Å². The summed E-state index contributed by atoms with van der Waals surface area (Å²) in [6.07, 6.45) is 4.39. The summed E-state index contributed by atoms with van der Waals surface area (Å²) in [5.41, 5.74) is 0. The second-order valence-corrected chi connectivity index (χ2v) is 7.90. The molecule has 0 amide bonds. The maximum atomic E-state index is 12.2. The Kier molecular flexibility index (Phi) is 4.66. The standard InChI is InChI=1S/C13H18INO2S/c1-10-4-2-3-5-13(10)15-18(16,17)12-8-6-11(14)7-9-12/h6-10,13,15H,2-5H2,1H3/t10-,13+/m0/s1. The smallest absolute Gasteiger partial charge is 0.208 e. The van der Waals surface area contributed by atoms with Gasteiger partial charge in [0.2, 0.25) is 10.0 Å². The molecule has 1 fully saturated rings. The molecule has 5 heteroatoms. The van der Waals surface area contributed by atoms with E-state index < -0.39 is 10.0 Å². The van der Waals surface area contributed by atoms with E-state index in [1.54, 1.807) is 12.1 Å². The predicted molar refractivity (Wildman–Crippen MR) is 80.9 cm³/mol. The maximum absolute atomic E-state index is 12.2. The van der Waals surface area contributed by atoms with E-state index in [-0.39, 0.29) is 6.04 Å². The third-order valence-corrected chi connectivity index (χ3v) is 5.77. The lowest BCUT2D eigenvalue weighted by Gasteiger charge is -2.29. The summed E-state index contributed by atoms with van der Waals surface area (Å²) in [7, 11) is -3.36. The first kappa shape index (κ1) is 14.3. The highest BCUT2D eigenvalue weighted by Gasteiger charge is 2.26. The van der Waals surface area contributed by atoms with Gasteiger partial charge in [0.1, 0.15) is 0 Å². The van der Waals surface area contributed by atoms with Crippen molar-refractivity contribution in [2.45, 2.75) is 43.5 Å². The summed E-state index contributed by atoms with van der Waals surface area (Å²) in [6, 6.07) is 7.05. The first-order chi connectivity index (χ1) is 8.49. The van der Waals surface area contributed by atoms with Gasteiger partial charge in [-0.1, -0.05) is 19.8 Å². The molecule has 1 aromatic rings. The van der Waals surface area contributed by atoms with Gasteiger partial charge in [-0.3, -0.25) is 0 Å². The van der Waals surface area contributed by atoms with Crippen LogP contribution in [0.1, 0.15) is 32.6 Å². The van der Waals surface area contributed by atoms with Crippen LogP contribution in [0.5, 0.6) is 0 Å². The van der Waals surface area contributed by atoms with Gasteiger partial charge in [-0.05, 0) is 65.6 Å². The molecule has 0 bridgehead atoms. The van der Waals surface area contributed by atoms with Gasteiger partial charge in [0.15, 0.2) is 0 Å². The van der Waals surface area contributed by atoms with Crippen molar-refractivity contribution in [2.24, 2.45) is 5.92 Å². The zero-order chi connectivity index (χ0) is 13.2. The van der Waals surface area contributed by atoms with Crippen LogP contribution in [0.15, 0.2) is 29.2 Å². The highest BCUT2D eigenvalue weighted by molar-refractivity contribution is 14.1. The van der Waals surface area contributed by atoms with E-state index in [0.717, 1.165) is 22.8 Å². The van der Waals surface area contributed by atoms with Crippen LogP contribution in [0.3, 0.4) is 0 Å². The molecule has 100 valence electrons. The van der Waals surface area contributed by atoms with Gasteiger partial charge in [-0.2, -0.15) is 0 Å². The van der Waals surface area contributed by atoms with Crippen LogP contribution >= 0.6 is 22.6 Å². The summed E-state index contributed by atoms with van der Waals surface area (Å²) < 4.78 is 28.4. The van der Waals surface area contributed by atoms with Gasteiger partial charge >= 0.3 is 0 Å². The highest BCUT2D eigenvalue weighted by Crippen LogP contribution is 2.25. The second-order valence-electron chi connectivity index (χ2n) is 4.94. The van der Waals surface area contributed by atoms with Crippen molar-refractivity contribution in [1.82, 2.24) is 4.72 Å². The van der Waals surface area contributed by atoms with Crippen LogP contribution in [0.25, 0.3) is 0 Å². The fourth-order valence-corrected chi connectivity index (χ4v) is 4.11. The minimum Gasteiger partial charge on any atom is -0.208 e. The molecule has 1 N–H and O–H groups in total. The molecule has 1 saturated carbocycles. The Morgan fingerprint density at radius 1 is 1.17 bits per heavy atom. The number of rotatable bonds is 3. The molecule has 1 aromatic carbocycles. The number of hydrogen-bond donors (Lipinski definition) is 1. The Bertz CT molecular complexity index is 498. The van der Waals surface area contributed by atoms with E-state index in [1.165, 1.54) is 6.42 Å². The molecule has 2 atom stereocenters. The average molecular weight is 379 g/mol. The third kappa shape index (κ3) is 3.45. The molecule has 0 saturated heterocycles. The monoisotopic (exact) mass is 379 g/mol. The molecule has 0 spiro atoms. The SMILES string of the molecule is C[C@H]1CCCC[C@H]1NS(=O)(=O)c1ccc(I)cc1. The van der Waals surface area contributed by atoms with Gasteiger partial charge in [-0.15, -0.1) is 0 Å². The molecular formula is C13H18INO2S. The predicted octanol–water partition coefficient (Wildman–Crippen LogP) is 3.15. The zero-order valence-corrected chi connectivity index (χ0v) is 13.4. The summed E-state index contributed by atoms with van der Waals surface area (Å²) in [4.78, 5) is 0.362. The lowest BCUT2D eigenvalue weighted by atomic mass is 9.87. The Morgan fingerprint density at radius 3 is 2.39 bits per heavy atom. The van der Waals surface area contributed by atoms with Crippen LogP contribution in [0.2, 0.25) is 0 Å². The van der Waals surface area contributed by atoms with Crippen molar-refractivity contribution in [1.29, 1.82) is 0 Å². The van der Waals surface area contributed by atoms with E-state index >= 15 is 0 Å². The summed E-state index contributed by atoms with van der Waals surface area (Å²) >= 11 is 2.17. The number of benzene rings is 1. The molecule has 0 unspecified atom stereocenters. The van der Waals surface area contributed by atoms with Gasteiger partial charge < -0.3 is 0 Å². The van der Waals surface area contributed by atoms with Crippen LogP contribution in [-0.4, -0.2) is 14.5 Å². The van der Waals surface area contributed by atoms with E-state index in [9.17, 15) is 8.42 Å². The average Bonchev–Trinajstić information content (AvgIpc) is 2.32. The first-order valence-electron chi connectivity index (χ1n) is 6.27. The van der Waals surface area contributed by atoms with E-state index in [2.05, 4.69) is 34.2 Å². The summed E-state index contributed by atoms with van der Waals surface area (Å²) in [5, 5.41) is 0. The molecule has 0 heterocycles. The van der Waals surface area contributed by atoms with Crippen molar-refractivity contribution in [3.8, 4) is 0 Å². The van der Waals surface area contributed by atoms with E-state index in [4.69, 9.17) is 0 Å². The molecule has 0 aliphatic heterocycles. The minimum absolute atomic E-state index is 0.0861. The molecule has 3 nitrogen and oxygen atoms in total. The molecule has 18 heavy (non-hydrogen) atoms. The van der Waals surface area contributed by atoms with Crippen LogP contribution in [0.4, 0.5) is 0 Å². The molecule has 0 radical (unpaired) electrons. The van der Waals surface area contributed by atoms with Gasteiger partial charge in [0.05, 0.1) is 4.90 Å². The Balaban J connectivity index is 2.13. The molecule has 1 aliphatic carbocycles. The van der Waals surface area contributed by atoms with Crippen molar-refractivity contribution < 1.29 is 8.42 Å². The minimum atomic E-state index is -3.36. The maximum Gasteiger partial charge on any atom is 0.240 e. The topological polar surface area (TPSA) is 46.2 Å². The Hall–Kier alpha value is -0.140. The lowest BCUT2D eigenvalue weighted by Crippen LogP contribution is -2.40. The molecule has 1 aliphatic rings. The number of hydrogen-bond acceptors (Lipinski definition) is 2. The van der Waals surface area contributed by atoms with Crippen LogP contribution in [-0.2, 0) is 10.0 Å². The number of halogens is 1. The Labute approximate surface area is 123 Å². The van der Waals surface area contributed by atoms with E-state index in [0.29, 0.717) is 10.8 Å². The van der Waals surface area contributed by atoms with Gasteiger partial charge in [0, 0.05) is 9.61 Å². The van der Waals surface area contributed by atoms with Crippen molar-refractivity contribution in [3.63, 3.8) is 0 Å². The van der Waals surface area contributed by atoms with Crippen molar-refractivity contribution in [2.75, 3.05) is 0 Å². The third-order valence-electron chi connectivity index (χ3n) is 3.54. The highest BCUT2D eigenvalue weighted by atomic mass is 127. The second kappa shape index (κ2) is 5.88. The summed E-state index contributed by atoms with van der Waals surface area (Å²) in [6.45, 7) is 2.13. The van der Waals surface area contributed by atoms with E-state index in [1.807, 2.05) is 12.1 Å². The normalized spacial score (nSPS) is 25.0. The number of nitrogens with one attached hydrogen (secondary N) is 1. The zero-order valence-electron chi connectivity index (χ0n) is 10.4. The van der Waals surface area contributed by atoms with Crippen LogP contribution in [0, 0.1) is 9.49 Å². The largest absolute Gasteiger partial charge is 0.240 e. The quantitative estimate of drug-likeness (QED) is 0.821. The molecule has 2 rings (SSSR count). The fraction of sp³-hybridized carbons (Fsp3) is 0.538. The lowest BCUT2D eigenvalue weighted by molar-refractivity contribution is 0.310. The number of sulfonamides is 1. The fourth-order valence-electron chi connectivity index (χ4n) is 2.37. The van der Waals surface area contributed by atoms with Gasteiger partial charge in [-0.25, -0.2) is 13.1 Å². The first-order valence-corrected chi connectivity index (χ1v) is 8.83. The summed E-state index contributed by atoms with van der Waals surface area (Å²) in [5.74, 6) is 0.428.